The van der Waals surface area contributed by atoms with Gasteiger partial charge in [0.2, 0.25) is 5.91 Å². The van der Waals surface area contributed by atoms with Gasteiger partial charge < -0.3 is 21.3 Å². The van der Waals surface area contributed by atoms with Crippen LogP contribution in [0.1, 0.15) is 12.0 Å². The van der Waals surface area contributed by atoms with Crippen LogP contribution < -0.4 is 16.4 Å². The topological polar surface area (TPSA) is 109 Å². The van der Waals surface area contributed by atoms with E-state index in [1.165, 1.54) is 15.7 Å². The molecule has 9 heteroatoms. The van der Waals surface area contributed by atoms with Gasteiger partial charge in [-0.05, 0) is 11.6 Å². The summed E-state index contributed by atoms with van der Waals surface area (Å²) >= 11 is 0. The summed E-state index contributed by atoms with van der Waals surface area (Å²) in [4.78, 5) is 38.5. The van der Waals surface area contributed by atoms with E-state index in [0.717, 1.165) is 5.56 Å². The van der Waals surface area contributed by atoms with Crippen molar-refractivity contribution in [2.24, 2.45) is 5.73 Å². The number of fused-ring (bicyclic) bond motifs is 1. The second-order valence-electron chi connectivity index (χ2n) is 7.40. The van der Waals surface area contributed by atoms with E-state index in [2.05, 4.69) is 10.6 Å². The number of primary amides is 1. The molecule has 2 aromatic carbocycles. The third kappa shape index (κ3) is 4.20. The summed E-state index contributed by atoms with van der Waals surface area (Å²) in [6.07, 6.45) is 0.0420. The van der Waals surface area contributed by atoms with Crippen LogP contribution in [-0.4, -0.2) is 46.2 Å². The van der Waals surface area contributed by atoms with Crippen molar-refractivity contribution in [1.82, 2.24) is 14.8 Å². The fourth-order valence-corrected chi connectivity index (χ4v) is 3.81. The van der Waals surface area contributed by atoms with Crippen LogP contribution in [0.25, 0.3) is 10.9 Å². The number of hydrogen-bond acceptors (Lipinski definition) is 3. The third-order valence-corrected chi connectivity index (χ3v) is 5.31. The molecule has 31 heavy (non-hydrogen) atoms. The van der Waals surface area contributed by atoms with Crippen LogP contribution in [0.2, 0.25) is 0 Å². The highest BCUT2D eigenvalue weighted by molar-refractivity contribution is 6.05. The number of likely N-dealkylation sites (tertiary alicyclic amines) is 1. The Morgan fingerprint density at radius 3 is 2.52 bits per heavy atom. The zero-order valence-electron chi connectivity index (χ0n) is 16.6. The van der Waals surface area contributed by atoms with Crippen molar-refractivity contribution in [1.29, 1.82) is 0 Å². The number of carbonyl (C=O) groups excluding carboxylic acids is 3. The Morgan fingerprint density at radius 1 is 1.06 bits per heavy atom. The summed E-state index contributed by atoms with van der Waals surface area (Å²) < 4.78 is 15.4. The molecule has 8 nitrogen and oxygen atoms in total. The number of halogens is 1. The molecule has 4 amide bonds. The predicted molar refractivity (Wildman–Crippen MR) is 114 cm³/mol. The minimum absolute atomic E-state index is 0.0723. The van der Waals surface area contributed by atoms with Gasteiger partial charge in [0.1, 0.15) is 12.2 Å². The number of alkyl halides is 1. The monoisotopic (exact) mass is 423 g/mol. The van der Waals surface area contributed by atoms with Crippen molar-refractivity contribution in [3.05, 3.63) is 66.4 Å². The molecule has 4 rings (SSSR count). The lowest BCUT2D eigenvalue weighted by Crippen LogP contribution is -2.47. The number of carbonyl (C=O) groups is 3. The molecule has 0 spiro atoms. The normalized spacial score (nSPS) is 18.2. The van der Waals surface area contributed by atoms with Gasteiger partial charge in [-0.25, -0.2) is 14.0 Å². The Hall–Kier alpha value is -3.88. The number of nitrogens with two attached hydrogens (primary N) is 1. The molecule has 1 fully saturated rings. The number of aromatic nitrogens is 1. The van der Waals surface area contributed by atoms with Gasteiger partial charge in [0.25, 0.3) is 0 Å². The molecule has 1 aromatic heterocycles. The minimum Gasteiger partial charge on any atom is -0.351 e. The van der Waals surface area contributed by atoms with Gasteiger partial charge in [0.15, 0.2) is 0 Å². The van der Waals surface area contributed by atoms with Gasteiger partial charge in [0, 0.05) is 24.5 Å². The van der Waals surface area contributed by atoms with Gasteiger partial charge in [-0.2, -0.15) is 0 Å². The highest BCUT2D eigenvalue weighted by Crippen LogP contribution is 2.27. The Bertz CT molecular complexity index is 1130. The smallest absolute Gasteiger partial charge is 0.323 e. The molecule has 4 N–H and O–H groups in total. The zero-order chi connectivity index (χ0) is 22.0. The van der Waals surface area contributed by atoms with Crippen LogP contribution in [0.3, 0.4) is 0 Å². The molecule has 1 saturated heterocycles. The van der Waals surface area contributed by atoms with E-state index < -0.39 is 30.2 Å². The first-order valence-corrected chi connectivity index (χ1v) is 9.87. The van der Waals surface area contributed by atoms with Gasteiger partial charge in [0.05, 0.1) is 17.7 Å². The van der Waals surface area contributed by atoms with E-state index in [0.29, 0.717) is 16.6 Å². The summed E-state index contributed by atoms with van der Waals surface area (Å²) in [6.45, 7) is 0.0956. The lowest BCUT2D eigenvalue weighted by Gasteiger charge is -2.23. The number of benzene rings is 2. The molecular formula is C22H22FN5O3. The van der Waals surface area contributed by atoms with E-state index >= 15 is 0 Å². The van der Waals surface area contributed by atoms with Gasteiger partial charge in [-0.3, -0.25) is 9.36 Å². The van der Waals surface area contributed by atoms with Crippen LogP contribution in [0.15, 0.2) is 60.8 Å². The number of nitrogens with zero attached hydrogens (tertiary/aromatic N) is 2. The Morgan fingerprint density at radius 2 is 1.77 bits per heavy atom. The van der Waals surface area contributed by atoms with Gasteiger partial charge in [-0.1, -0.05) is 48.5 Å². The first-order valence-electron chi connectivity index (χ1n) is 9.87. The number of rotatable bonds is 4. The predicted octanol–water partition coefficient (Wildman–Crippen LogP) is 2.83. The quantitative estimate of drug-likeness (QED) is 0.600. The molecular weight excluding hydrogens is 401 g/mol. The largest absolute Gasteiger partial charge is 0.351 e. The summed E-state index contributed by atoms with van der Waals surface area (Å²) in [5.74, 6) is -0.418. The van der Waals surface area contributed by atoms with Crippen LogP contribution in [0.5, 0.6) is 0 Å². The molecule has 0 aliphatic carbocycles. The minimum atomic E-state index is -1.30. The average Bonchev–Trinajstić information content (AvgIpc) is 3.34. The standard InChI is InChI=1S/C22H22FN5O3/c23-15-10-19(20(29)25-11-14-6-2-1-3-7-14)28(12-15)22(31)26-17-13-27(21(24)30)18-9-5-4-8-16(17)18/h1-9,13,15,19H,10-12H2,(H2,24,30)(H,25,29)(H,26,31)/t15-,19+/m1/s1. The fourth-order valence-electron chi connectivity index (χ4n) is 3.81. The average molecular weight is 423 g/mol. The number of urea groups is 1. The van der Waals surface area contributed by atoms with E-state index in [1.54, 1.807) is 24.3 Å². The number of nitrogens with one attached hydrogen (secondary N) is 2. The lowest BCUT2D eigenvalue weighted by atomic mass is 10.2. The molecule has 0 unspecified atom stereocenters. The van der Waals surface area contributed by atoms with Crippen molar-refractivity contribution in [3.8, 4) is 0 Å². The van der Waals surface area contributed by atoms with E-state index in [9.17, 15) is 18.8 Å². The zero-order valence-corrected chi connectivity index (χ0v) is 16.6. The van der Waals surface area contributed by atoms with Crippen LogP contribution in [0.4, 0.5) is 19.7 Å². The van der Waals surface area contributed by atoms with Gasteiger partial charge in [-0.15, -0.1) is 0 Å². The molecule has 1 aliphatic heterocycles. The fraction of sp³-hybridized carbons (Fsp3) is 0.227. The maximum absolute atomic E-state index is 14.1. The van der Waals surface area contributed by atoms with Crippen molar-refractivity contribution in [3.63, 3.8) is 0 Å². The molecule has 2 heterocycles. The molecule has 1 aliphatic rings. The Kier molecular flexibility index (Phi) is 5.57. The third-order valence-electron chi connectivity index (χ3n) is 5.31. The highest BCUT2D eigenvalue weighted by atomic mass is 19.1. The number of hydrogen-bond donors (Lipinski definition) is 3. The Labute approximate surface area is 177 Å². The summed E-state index contributed by atoms with van der Waals surface area (Å²) in [5, 5.41) is 6.07. The maximum Gasteiger partial charge on any atom is 0.323 e. The van der Waals surface area contributed by atoms with Crippen LogP contribution in [0, 0.1) is 0 Å². The molecule has 3 aromatic rings. The van der Waals surface area contributed by atoms with Crippen molar-refractivity contribution >= 4 is 34.6 Å². The SMILES string of the molecule is NC(=O)n1cc(NC(=O)N2C[C@H](F)C[C@H]2C(=O)NCc2ccccc2)c2ccccc21. The molecule has 0 bridgehead atoms. The lowest BCUT2D eigenvalue weighted by molar-refractivity contribution is -0.124. The van der Waals surface area contributed by atoms with Crippen molar-refractivity contribution in [2.75, 3.05) is 11.9 Å². The first kappa shape index (κ1) is 20.4. The van der Waals surface area contributed by atoms with Crippen molar-refractivity contribution < 1.29 is 18.8 Å². The highest BCUT2D eigenvalue weighted by Gasteiger charge is 2.40. The molecule has 0 radical (unpaired) electrons. The number of para-hydroxylation sites is 1. The second-order valence-corrected chi connectivity index (χ2v) is 7.40. The summed E-state index contributed by atoms with van der Waals surface area (Å²) in [7, 11) is 0. The van der Waals surface area contributed by atoms with Crippen LogP contribution >= 0.6 is 0 Å². The first-order chi connectivity index (χ1) is 14.9. The van der Waals surface area contributed by atoms with E-state index in [4.69, 9.17) is 5.73 Å². The summed E-state index contributed by atoms with van der Waals surface area (Å²) in [5.41, 5.74) is 7.20. The molecule has 160 valence electrons. The maximum atomic E-state index is 14.1. The molecule has 0 saturated carbocycles. The summed E-state index contributed by atoms with van der Waals surface area (Å²) in [6, 6.07) is 14.0. The van der Waals surface area contributed by atoms with Gasteiger partial charge >= 0.3 is 12.1 Å². The van der Waals surface area contributed by atoms with Crippen LogP contribution in [-0.2, 0) is 11.3 Å². The number of amides is 4. The second kappa shape index (κ2) is 8.47. The van der Waals surface area contributed by atoms with E-state index in [1.807, 2.05) is 30.3 Å². The Balaban J connectivity index is 1.50. The number of anilines is 1. The molecule has 2 atom stereocenters. The van der Waals surface area contributed by atoms with Crippen molar-refractivity contribution in [2.45, 2.75) is 25.2 Å². The van der Waals surface area contributed by atoms with E-state index in [-0.39, 0.29) is 19.5 Å².